The lowest BCUT2D eigenvalue weighted by Gasteiger charge is -2.14. The summed E-state index contributed by atoms with van der Waals surface area (Å²) in [4.78, 5) is 8.94. The predicted molar refractivity (Wildman–Crippen MR) is 65.7 cm³/mol. The maximum absolute atomic E-state index is 5.25. The molecule has 0 spiro atoms. The van der Waals surface area contributed by atoms with Crippen molar-refractivity contribution in [2.45, 2.75) is 39.7 Å². The first-order chi connectivity index (χ1) is 7.58. The van der Waals surface area contributed by atoms with Crippen LogP contribution in [0.15, 0.2) is 6.07 Å². The summed E-state index contributed by atoms with van der Waals surface area (Å²) in [5, 5.41) is 3.22. The van der Waals surface area contributed by atoms with Crippen LogP contribution in [0, 0.1) is 0 Å². The van der Waals surface area contributed by atoms with E-state index >= 15 is 0 Å². The van der Waals surface area contributed by atoms with Crippen LogP contribution in [-0.4, -0.2) is 23.6 Å². The van der Waals surface area contributed by atoms with E-state index in [0.717, 1.165) is 23.9 Å². The molecule has 0 radical (unpaired) electrons. The van der Waals surface area contributed by atoms with Crippen LogP contribution in [0.25, 0.3) is 0 Å². The number of nitrogens with one attached hydrogen (secondary N) is 1. The molecule has 1 N–H and O–H groups in total. The summed E-state index contributed by atoms with van der Waals surface area (Å²) in [7, 11) is 1.67. The number of nitrogens with zero attached hydrogens (tertiary/aromatic N) is 2. The van der Waals surface area contributed by atoms with E-state index in [-0.39, 0.29) is 6.10 Å². The molecule has 4 heteroatoms. The van der Waals surface area contributed by atoms with Crippen molar-refractivity contribution in [2.24, 2.45) is 0 Å². The van der Waals surface area contributed by atoms with Crippen molar-refractivity contribution in [2.75, 3.05) is 19.0 Å². The van der Waals surface area contributed by atoms with Crippen molar-refractivity contribution in [1.29, 1.82) is 0 Å². The Bertz CT molecular complexity index is 339. The smallest absolute Gasteiger partial charge is 0.159 e. The van der Waals surface area contributed by atoms with Gasteiger partial charge < -0.3 is 10.1 Å². The van der Waals surface area contributed by atoms with Crippen LogP contribution in [0.4, 0.5) is 5.82 Å². The molecule has 0 saturated carbocycles. The minimum absolute atomic E-state index is 0.0730. The molecule has 0 aliphatic heterocycles. The molecule has 0 aliphatic carbocycles. The molecule has 0 saturated heterocycles. The zero-order chi connectivity index (χ0) is 12.1. The number of anilines is 1. The molecule has 1 rings (SSSR count). The van der Waals surface area contributed by atoms with Crippen LogP contribution in [0.1, 0.15) is 51.2 Å². The lowest BCUT2D eigenvalue weighted by atomic mass is 10.1. The van der Waals surface area contributed by atoms with Crippen molar-refractivity contribution >= 4 is 5.82 Å². The molecule has 0 bridgehead atoms. The fourth-order valence-electron chi connectivity index (χ4n) is 1.34. The maximum Gasteiger partial charge on any atom is 0.159 e. The molecular weight excluding hydrogens is 202 g/mol. The van der Waals surface area contributed by atoms with E-state index in [1.165, 1.54) is 0 Å². The molecule has 90 valence electrons. The summed E-state index contributed by atoms with van der Waals surface area (Å²) in [5.74, 6) is 2.01. The Kier molecular flexibility index (Phi) is 4.68. The van der Waals surface area contributed by atoms with Crippen molar-refractivity contribution in [3.63, 3.8) is 0 Å². The third kappa shape index (κ3) is 3.17. The number of methoxy groups -OCH3 is 1. The summed E-state index contributed by atoms with van der Waals surface area (Å²) < 4.78 is 5.25. The molecule has 0 aliphatic rings. The average Bonchev–Trinajstić information content (AvgIpc) is 2.28. The largest absolute Gasteiger partial charge is 0.374 e. The van der Waals surface area contributed by atoms with Gasteiger partial charge in [-0.05, 0) is 19.8 Å². The first-order valence-corrected chi connectivity index (χ1v) is 5.74. The van der Waals surface area contributed by atoms with E-state index in [2.05, 4.69) is 36.1 Å². The summed E-state index contributed by atoms with van der Waals surface area (Å²) in [6, 6.07) is 2.00. The second-order valence-corrected chi connectivity index (χ2v) is 4.10. The van der Waals surface area contributed by atoms with E-state index in [1.54, 1.807) is 7.11 Å². The van der Waals surface area contributed by atoms with Crippen LogP contribution in [0.3, 0.4) is 0 Å². The van der Waals surface area contributed by atoms with Crippen molar-refractivity contribution in [1.82, 2.24) is 9.97 Å². The zero-order valence-electron chi connectivity index (χ0n) is 10.7. The summed E-state index contributed by atoms with van der Waals surface area (Å²) in [5.41, 5.74) is 1.05. The van der Waals surface area contributed by atoms with E-state index < -0.39 is 0 Å². The van der Waals surface area contributed by atoms with Crippen molar-refractivity contribution in [3.8, 4) is 0 Å². The van der Waals surface area contributed by atoms with Gasteiger partial charge in [-0.15, -0.1) is 0 Å². The third-order valence-corrected chi connectivity index (χ3v) is 2.43. The predicted octanol–water partition coefficient (Wildman–Crippen LogP) is 2.74. The Morgan fingerprint density at radius 1 is 1.31 bits per heavy atom. The summed E-state index contributed by atoms with van der Waals surface area (Å²) in [6.45, 7) is 9.11. The van der Waals surface area contributed by atoms with E-state index in [9.17, 15) is 0 Å². The fraction of sp³-hybridized carbons (Fsp3) is 0.667. The Morgan fingerprint density at radius 2 is 2.00 bits per heavy atom. The minimum atomic E-state index is -0.0730. The van der Waals surface area contributed by atoms with Gasteiger partial charge >= 0.3 is 0 Å². The SMILES string of the molecule is CCNc1cc(C(C)C)nc(C(C)OC)n1. The van der Waals surface area contributed by atoms with Gasteiger partial charge in [-0.1, -0.05) is 13.8 Å². The Labute approximate surface area is 97.5 Å². The quantitative estimate of drug-likeness (QED) is 0.833. The topological polar surface area (TPSA) is 47.0 Å². The van der Waals surface area contributed by atoms with E-state index in [4.69, 9.17) is 4.74 Å². The second kappa shape index (κ2) is 5.80. The lowest BCUT2D eigenvalue weighted by molar-refractivity contribution is 0.112. The van der Waals surface area contributed by atoms with Crippen LogP contribution >= 0.6 is 0 Å². The number of ether oxygens (including phenoxy) is 1. The Morgan fingerprint density at radius 3 is 2.50 bits per heavy atom. The van der Waals surface area contributed by atoms with Crippen LogP contribution < -0.4 is 5.32 Å². The molecule has 4 nitrogen and oxygen atoms in total. The zero-order valence-corrected chi connectivity index (χ0v) is 10.7. The van der Waals surface area contributed by atoms with Gasteiger partial charge in [0, 0.05) is 25.4 Å². The molecule has 16 heavy (non-hydrogen) atoms. The van der Waals surface area contributed by atoms with Crippen molar-refractivity contribution < 1.29 is 4.74 Å². The van der Waals surface area contributed by atoms with Gasteiger partial charge in [-0.25, -0.2) is 9.97 Å². The van der Waals surface area contributed by atoms with Gasteiger partial charge in [0.1, 0.15) is 11.9 Å². The molecule has 1 aromatic heterocycles. The van der Waals surface area contributed by atoms with Gasteiger partial charge in [0.15, 0.2) is 5.82 Å². The highest BCUT2D eigenvalue weighted by molar-refractivity contribution is 5.37. The molecule has 0 amide bonds. The summed E-state index contributed by atoms with van der Waals surface area (Å²) >= 11 is 0. The summed E-state index contributed by atoms with van der Waals surface area (Å²) in [6.07, 6.45) is -0.0730. The van der Waals surface area contributed by atoms with Crippen LogP contribution in [0.2, 0.25) is 0 Å². The normalized spacial score (nSPS) is 12.9. The number of hydrogen-bond acceptors (Lipinski definition) is 4. The number of hydrogen-bond donors (Lipinski definition) is 1. The van der Waals surface area contributed by atoms with Crippen LogP contribution in [0.5, 0.6) is 0 Å². The van der Waals surface area contributed by atoms with E-state index in [1.807, 2.05) is 13.0 Å². The maximum atomic E-state index is 5.25. The molecule has 1 aromatic rings. The number of aromatic nitrogens is 2. The lowest BCUT2D eigenvalue weighted by Crippen LogP contribution is -2.10. The third-order valence-electron chi connectivity index (χ3n) is 2.43. The molecular formula is C12H21N3O. The molecule has 0 aromatic carbocycles. The molecule has 1 unspecified atom stereocenters. The van der Waals surface area contributed by atoms with Gasteiger partial charge in [0.05, 0.1) is 0 Å². The Balaban J connectivity index is 3.08. The first kappa shape index (κ1) is 12.9. The molecule has 0 fully saturated rings. The molecule has 1 atom stereocenters. The Hall–Kier alpha value is -1.16. The van der Waals surface area contributed by atoms with E-state index in [0.29, 0.717) is 5.92 Å². The first-order valence-electron chi connectivity index (χ1n) is 5.74. The van der Waals surface area contributed by atoms with Crippen LogP contribution in [-0.2, 0) is 4.74 Å². The van der Waals surface area contributed by atoms with Crippen molar-refractivity contribution in [3.05, 3.63) is 17.6 Å². The second-order valence-electron chi connectivity index (χ2n) is 4.10. The monoisotopic (exact) mass is 223 g/mol. The highest BCUT2D eigenvalue weighted by Gasteiger charge is 2.12. The van der Waals surface area contributed by atoms with Gasteiger partial charge in [-0.2, -0.15) is 0 Å². The standard InChI is InChI=1S/C12H21N3O/c1-6-13-11-7-10(8(2)3)14-12(15-11)9(4)16-5/h7-9H,6H2,1-5H3,(H,13,14,15). The molecule has 1 heterocycles. The highest BCUT2D eigenvalue weighted by Crippen LogP contribution is 2.19. The minimum Gasteiger partial charge on any atom is -0.374 e. The highest BCUT2D eigenvalue weighted by atomic mass is 16.5. The van der Waals surface area contributed by atoms with Gasteiger partial charge in [0.2, 0.25) is 0 Å². The number of rotatable bonds is 5. The fourth-order valence-corrected chi connectivity index (χ4v) is 1.34. The average molecular weight is 223 g/mol. The van der Waals surface area contributed by atoms with Gasteiger partial charge in [-0.3, -0.25) is 0 Å². The van der Waals surface area contributed by atoms with Gasteiger partial charge in [0.25, 0.3) is 0 Å².